The highest BCUT2D eigenvalue weighted by molar-refractivity contribution is 7.17. The van der Waals surface area contributed by atoms with Crippen molar-refractivity contribution < 1.29 is 19.2 Å². The fourth-order valence-corrected chi connectivity index (χ4v) is 2.49. The molecule has 0 aliphatic rings. The fraction of sp³-hybridized carbons (Fsp3) is 0.200. The summed E-state index contributed by atoms with van der Waals surface area (Å²) >= 11 is 0.807. The Kier molecular flexibility index (Phi) is 5.85. The van der Waals surface area contributed by atoms with Crippen molar-refractivity contribution in [2.75, 3.05) is 18.5 Å². The first-order valence-electron chi connectivity index (χ1n) is 7.04. The molecular weight excluding hydrogens is 334 g/mol. The third-order valence-electron chi connectivity index (χ3n) is 2.85. The van der Waals surface area contributed by atoms with Gasteiger partial charge in [0.1, 0.15) is 5.75 Å². The van der Waals surface area contributed by atoms with Crippen LogP contribution in [0.5, 0.6) is 5.75 Å². The lowest BCUT2D eigenvalue weighted by Gasteiger charge is -2.07. The maximum atomic E-state index is 12.0. The molecule has 0 saturated carbocycles. The zero-order chi connectivity index (χ0) is 17.5. The van der Waals surface area contributed by atoms with E-state index in [9.17, 15) is 19.7 Å². The van der Waals surface area contributed by atoms with Gasteiger partial charge in [-0.3, -0.25) is 19.7 Å². The Morgan fingerprint density at radius 3 is 2.50 bits per heavy atom. The van der Waals surface area contributed by atoms with Gasteiger partial charge in [-0.25, -0.2) is 0 Å². The van der Waals surface area contributed by atoms with Crippen molar-refractivity contribution in [3.63, 3.8) is 0 Å². The monoisotopic (exact) mass is 349 g/mol. The number of nitrogens with zero attached hydrogens (tertiary/aromatic N) is 1. The fourth-order valence-electron chi connectivity index (χ4n) is 1.77. The van der Waals surface area contributed by atoms with Gasteiger partial charge in [-0.15, -0.1) is 0 Å². The molecule has 0 spiro atoms. The molecule has 0 saturated heterocycles. The zero-order valence-corrected chi connectivity index (χ0v) is 13.6. The highest BCUT2D eigenvalue weighted by Gasteiger charge is 2.15. The Bertz CT molecular complexity index is 742. The van der Waals surface area contributed by atoms with Gasteiger partial charge in [0.2, 0.25) is 0 Å². The summed E-state index contributed by atoms with van der Waals surface area (Å²) < 4.78 is 5.30. The molecule has 0 bridgehead atoms. The third kappa shape index (κ3) is 4.78. The van der Waals surface area contributed by atoms with Crippen LogP contribution in [0.4, 0.5) is 10.7 Å². The van der Waals surface area contributed by atoms with E-state index in [-0.39, 0.29) is 22.4 Å². The van der Waals surface area contributed by atoms with Crippen molar-refractivity contribution in [3.8, 4) is 5.75 Å². The van der Waals surface area contributed by atoms with Crippen LogP contribution in [0.2, 0.25) is 0 Å². The van der Waals surface area contributed by atoms with Crippen molar-refractivity contribution >= 4 is 33.8 Å². The van der Waals surface area contributed by atoms with Gasteiger partial charge in [0.15, 0.2) is 6.61 Å². The number of nitrogens with one attached hydrogen (secondary N) is 2. The molecule has 0 aliphatic heterocycles. The maximum absolute atomic E-state index is 12.0. The number of ether oxygens (including phenoxy) is 1. The highest BCUT2D eigenvalue weighted by atomic mass is 32.1. The van der Waals surface area contributed by atoms with Crippen LogP contribution in [0.3, 0.4) is 0 Å². The molecule has 1 aromatic carbocycles. The van der Waals surface area contributed by atoms with Gasteiger partial charge in [-0.1, -0.05) is 11.3 Å². The molecule has 2 N–H and O–H groups in total. The van der Waals surface area contributed by atoms with Crippen molar-refractivity contribution in [2.24, 2.45) is 0 Å². The molecule has 8 nitrogen and oxygen atoms in total. The van der Waals surface area contributed by atoms with Crippen LogP contribution in [-0.2, 0) is 4.79 Å². The minimum absolute atomic E-state index is 0.0849. The maximum Gasteiger partial charge on any atom is 0.324 e. The average molecular weight is 349 g/mol. The summed E-state index contributed by atoms with van der Waals surface area (Å²) in [6.07, 6.45) is 0. The normalized spacial score (nSPS) is 10.0. The molecule has 0 unspecified atom stereocenters. The van der Waals surface area contributed by atoms with Gasteiger partial charge in [0.05, 0.1) is 9.80 Å². The summed E-state index contributed by atoms with van der Waals surface area (Å²) in [6.45, 7) is 2.27. The molecule has 2 rings (SSSR count). The summed E-state index contributed by atoms with van der Waals surface area (Å²) in [5.41, 5.74) is 0.515. The van der Waals surface area contributed by atoms with Crippen molar-refractivity contribution in [1.29, 1.82) is 0 Å². The van der Waals surface area contributed by atoms with E-state index in [1.165, 1.54) is 12.1 Å². The van der Waals surface area contributed by atoms with Crippen LogP contribution >= 0.6 is 11.3 Å². The molecule has 9 heteroatoms. The van der Waals surface area contributed by atoms with Crippen LogP contribution in [0.15, 0.2) is 36.4 Å². The number of hydrogen-bond acceptors (Lipinski definition) is 6. The lowest BCUT2D eigenvalue weighted by Crippen LogP contribution is -2.28. The summed E-state index contributed by atoms with van der Waals surface area (Å²) in [4.78, 5) is 33.6. The molecular formula is C15H15N3O5S. The number of hydrogen-bond donors (Lipinski definition) is 2. The number of carbonyl (C=O) groups is 2. The summed E-state index contributed by atoms with van der Waals surface area (Å²) in [6, 6.07) is 9.16. The van der Waals surface area contributed by atoms with E-state index in [4.69, 9.17) is 4.74 Å². The number of benzene rings is 1. The Labute approximate surface area is 141 Å². The van der Waals surface area contributed by atoms with Gasteiger partial charge in [0, 0.05) is 18.3 Å². The first kappa shape index (κ1) is 17.4. The van der Waals surface area contributed by atoms with E-state index < -0.39 is 10.8 Å². The molecule has 0 radical (unpaired) electrons. The largest absolute Gasteiger partial charge is 0.484 e. The quantitative estimate of drug-likeness (QED) is 0.589. The van der Waals surface area contributed by atoms with E-state index in [2.05, 4.69) is 10.6 Å². The summed E-state index contributed by atoms with van der Waals surface area (Å²) in [5.74, 6) is -0.149. The third-order valence-corrected chi connectivity index (χ3v) is 3.89. The second-order valence-electron chi connectivity index (χ2n) is 4.62. The van der Waals surface area contributed by atoms with Crippen LogP contribution in [0.25, 0.3) is 0 Å². The molecule has 0 aliphatic carbocycles. The highest BCUT2D eigenvalue weighted by Crippen LogP contribution is 2.25. The van der Waals surface area contributed by atoms with E-state index in [0.717, 1.165) is 11.3 Å². The van der Waals surface area contributed by atoms with Gasteiger partial charge >= 0.3 is 5.00 Å². The molecule has 0 fully saturated rings. The van der Waals surface area contributed by atoms with Gasteiger partial charge in [0.25, 0.3) is 11.8 Å². The van der Waals surface area contributed by atoms with Crippen LogP contribution in [0.1, 0.15) is 16.6 Å². The Hall–Kier alpha value is -2.94. The van der Waals surface area contributed by atoms with Crippen molar-refractivity contribution in [3.05, 3.63) is 51.4 Å². The Morgan fingerprint density at radius 1 is 1.21 bits per heavy atom. The minimum Gasteiger partial charge on any atom is -0.484 e. The molecule has 1 heterocycles. The number of nitro groups is 1. The molecule has 2 amide bonds. The van der Waals surface area contributed by atoms with E-state index in [1.807, 2.05) is 6.92 Å². The zero-order valence-electron chi connectivity index (χ0n) is 12.8. The number of likely N-dealkylation sites (N-methyl/N-ethyl adjacent to an activating group) is 1. The van der Waals surface area contributed by atoms with E-state index >= 15 is 0 Å². The predicted octanol–water partition coefficient (Wildman–Crippen LogP) is 2.42. The summed E-state index contributed by atoms with van der Waals surface area (Å²) in [7, 11) is 0. The molecule has 24 heavy (non-hydrogen) atoms. The van der Waals surface area contributed by atoms with Crippen LogP contribution in [0, 0.1) is 10.1 Å². The lowest BCUT2D eigenvalue weighted by atomic mass is 10.3. The van der Waals surface area contributed by atoms with Gasteiger partial charge in [-0.05, 0) is 37.3 Å². The molecule has 0 atom stereocenters. The number of amides is 2. The second kappa shape index (κ2) is 8.06. The lowest BCUT2D eigenvalue weighted by molar-refractivity contribution is -0.380. The Morgan fingerprint density at radius 2 is 1.92 bits per heavy atom. The number of anilines is 1. The number of thiophene rings is 1. The van der Waals surface area contributed by atoms with Crippen LogP contribution < -0.4 is 15.4 Å². The average Bonchev–Trinajstić information content (AvgIpc) is 3.05. The predicted molar refractivity (Wildman–Crippen MR) is 89.5 cm³/mol. The van der Waals surface area contributed by atoms with Gasteiger partial charge < -0.3 is 15.4 Å². The molecule has 126 valence electrons. The summed E-state index contributed by atoms with van der Waals surface area (Å²) in [5, 5.41) is 15.8. The van der Waals surface area contributed by atoms with Gasteiger partial charge in [-0.2, -0.15) is 0 Å². The minimum atomic E-state index is -0.539. The molecule has 2 aromatic rings. The number of rotatable bonds is 7. The van der Waals surface area contributed by atoms with Crippen molar-refractivity contribution in [2.45, 2.75) is 6.92 Å². The van der Waals surface area contributed by atoms with E-state index in [0.29, 0.717) is 18.0 Å². The topological polar surface area (TPSA) is 111 Å². The van der Waals surface area contributed by atoms with Crippen molar-refractivity contribution in [1.82, 2.24) is 5.32 Å². The second-order valence-corrected chi connectivity index (χ2v) is 5.68. The Balaban J connectivity index is 1.92. The number of carbonyl (C=O) groups excluding carboxylic acids is 2. The van der Waals surface area contributed by atoms with Crippen LogP contribution in [-0.4, -0.2) is 29.9 Å². The standard InChI is InChI=1S/C15H15N3O5S/c1-2-16-13(19)9-23-11-5-3-10(4-6-11)17-15(20)12-7-8-14(24-12)18(21)22/h3-8H,2,9H2,1H3,(H,16,19)(H,17,20). The van der Waals surface area contributed by atoms with E-state index in [1.54, 1.807) is 24.3 Å². The SMILES string of the molecule is CCNC(=O)COc1ccc(NC(=O)c2ccc([N+](=O)[O-])s2)cc1. The molecule has 1 aromatic heterocycles. The first-order chi connectivity index (χ1) is 11.5. The first-order valence-corrected chi connectivity index (χ1v) is 7.86. The smallest absolute Gasteiger partial charge is 0.324 e.